The lowest BCUT2D eigenvalue weighted by molar-refractivity contribution is 0.628. The number of hydrogen-bond donors (Lipinski definition) is 0. The lowest BCUT2D eigenvalue weighted by atomic mass is 9.95. The Morgan fingerprint density at radius 1 is 1.19 bits per heavy atom. The summed E-state index contributed by atoms with van der Waals surface area (Å²) >= 11 is 0. The normalized spacial score (nSPS) is 13.4. The zero-order chi connectivity index (χ0) is 14.8. The second-order valence-corrected chi connectivity index (χ2v) is 5.32. The molecule has 0 amide bonds. The monoisotopic (exact) mass is 281 g/mol. The van der Waals surface area contributed by atoms with Gasteiger partial charge in [0.1, 0.15) is 11.9 Å². The third kappa shape index (κ3) is 2.59. The Kier molecular flexibility index (Phi) is 3.57. The minimum absolute atomic E-state index is 0.272. The number of fused-ring (bicyclic) bond motifs is 1. The number of halogens is 1. The summed E-state index contributed by atoms with van der Waals surface area (Å²) in [6.07, 6.45) is 4.27. The number of rotatable bonds is 2. The maximum absolute atomic E-state index is 13.0. The molecule has 1 aromatic carbocycles. The van der Waals surface area contributed by atoms with E-state index in [1.807, 2.05) is 18.0 Å². The maximum atomic E-state index is 13.0. The molecule has 0 spiro atoms. The Balaban J connectivity index is 2.04. The molecule has 2 aromatic rings. The SMILES string of the molecule is CN(c1ccc(F)cc1)c1nc2c(cc1C#N)CCCC2. The molecule has 3 rings (SSSR count). The average molecular weight is 281 g/mol. The van der Waals surface area contributed by atoms with Crippen molar-refractivity contribution in [3.8, 4) is 6.07 Å². The minimum atomic E-state index is -0.272. The van der Waals surface area contributed by atoms with Crippen LogP contribution in [0.25, 0.3) is 0 Å². The quantitative estimate of drug-likeness (QED) is 0.842. The van der Waals surface area contributed by atoms with Crippen molar-refractivity contribution in [3.63, 3.8) is 0 Å². The van der Waals surface area contributed by atoms with E-state index >= 15 is 0 Å². The highest BCUT2D eigenvalue weighted by Gasteiger charge is 2.18. The smallest absolute Gasteiger partial charge is 0.151 e. The van der Waals surface area contributed by atoms with Crippen molar-refractivity contribution in [2.24, 2.45) is 0 Å². The van der Waals surface area contributed by atoms with E-state index < -0.39 is 0 Å². The van der Waals surface area contributed by atoms with Gasteiger partial charge in [-0.2, -0.15) is 5.26 Å². The first-order valence-corrected chi connectivity index (χ1v) is 7.11. The van der Waals surface area contributed by atoms with Gasteiger partial charge < -0.3 is 4.90 Å². The summed E-state index contributed by atoms with van der Waals surface area (Å²) in [6.45, 7) is 0. The number of benzene rings is 1. The minimum Gasteiger partial charge on any atom is -0.328 e. The molecule has 106 valence electrons. The van der Waals surface area contributed by atoms with E-state index in [-0.39, 0.29) is 5.82 Å². The van der Waals surface area contributed by atoms with Gasteiger partial charge in [0.25, 0.3) is 0 Å². The lowest BCUT2D eigenvalue weighted by Gasteiger charge is -2.23. The van der Waals surface area contributed by atoms with Crippen molar-refractivity contribution < 1.29 is 4.39 Å². The highest BCUT2D eigenvalue weighted by molar-refractivity contribution is 5.66. The Morgan fingerprint density at radius 3 is 2.62 bits per heavy atom. The van der Waals surface area contributed by atoms with Gasteiger partial charge in [-0.3, -0.25) is 0 Å². The number of nitriles is 1. The van der Waals surface area contributed by atoms with Crippen LogP contribution in [0.1, 0.15) is 29.7 Å². The molecule has 3 nitrogen and oxygen atoms in total. The number of hydrogen-bond acceptors (Lipinski definition) is 3. The van der Waals surface area contributed by atoms with Crippen LogP contribution in [-0.4, -0.2) is 12.0 Å². The van der Waals surface area contributed by atoms with Crippen molar-refractivity contribution in [2.45, 2.75) is 25.7 Å². The standard InChI is InChI=1S/C17H16FN3/c1-21(15-8-6-14(18)7-9-15)17-13(11-19)10-12-4-2-3-5-16(12)20-17/h6-10H,2-5H2,1H3. The molecular formula is C17H16FN3. The molecule has 0 fully saturated rings. The summed E-state index contributed by atoms with van der Waals surface area (Å²) in [5.41, 5.74) is 3.66. The van der Waals surface area contributed by atoms with Crippen LogP contribution < -0.4 is 4.90 Å². The Labute approximate surface area is 123 Å². The summed E-state index contributed by atoms with van der Waals surface area (Å²) < 4.78 is 13.0. The van der Waals surface area contributed by atoms with Gasteiger partial charge in [0, 0.05) is 18.4 Å². The topological polar surface area (TPSA) is 39.9 Å². The van der Waals surface area contributed by atoms with Gasteiger partial charge in [0.15, 0.2) is 5.82 Å². The van der Waals surface area contributed by atoms with E-state index in [4.69, 9.17) is 4.98 Å². The fourth-order valence-corrected chi connectivity index (χ4v) is 2.75. The fourth-order valence-electron chi connectivity index (χ4n) is 2.75. The molecule has 0 aliphatic heterocycles. The predicted octanol–water partition coefficient (Wildman–Crippen LogP) is 3.74. The molecule has 0 saturated carbocycles. The number of aryl methyl sites for hydroxylation is 2. The number of nitrogens with zero attached hydrogens (tertiary/aromatic N) is 3. The second kappa shape index (κ2) is 5.53. The van der Waals surface area contributed by atoms with Crippen molar-refractivity contribution in [1.82, 2.24) is 4.98 Å². The third-order valence-electron chi connectivity index (χ3n) is 3.93. The summed E-state index contributed by atoms with van der Waals surface area (Å²) in [5, 5.41) is 9.38. The van der Waals surface area contributed by atoms with Crippen LogP contribution >= 0.6 is 0 Å². The molecule has 1 aliphatic carbocycles. The Bertz CT molecular complexity index is 701. The molecule has 1 aromatic heterocycles. The summed E-state index contributed by atoms with van der Waals surface area (Å²) in [7, 11) is 1.85. The highest BCUT2D eigenvalue weighted by Crippen LogP contribution is 2.29. The zero-order valence-electron chi connectivity index (χ0n) is 11.9. The van der Waals surface area contributed by atoms with Crippen LogP contribution in [0.5, 0.6) is 0 Å². The fraction of sp³-hybridized carbons (Fsp3) is 0.294. The first kappa shape index (κ1) is 13.6. The van der Waals surface area contributed by atoms with Crippen LogP contribution in [0, 0.1) is 17.1 Å². The zero-order valence-corrected chi connectivity index (χ0v) is 11.9. The van der Waals surface area contributed by atoms with Crippen LogP contribution in [-0.2, 0) is 12.8 Å². The van der Waals surface area contributed by atoms with Crippen LogP contribution in [0.2, 0.25) is 0 Å². The Morgan fingerprint density at radius 2 is 1.90 bits per heavy atom. The summed E-state index contributed by atoms with van der Waals surface area (Å²) in [6, 6.07) is 10.4. The van der Waals surface area contributed by atoms with E-state index in [1.54, 1.807) is 12.1 Å². The third-order valence-corrected chi connectivity index (χ3v) is 3.93. The first-order chi connectivity index (χ1) is 10.2. The van der Waals surface area contributed by atoms with Gasteiger partial charge in [-0.1, -0.05) is 0 Å². The molecular weight excluding hydrogens is 265 g/mol. The van der Waals surface area contributed by atoms with Gasteiger partial charge in [0.2, 0.25) is 0 Å². The van der Waals surface area contributed by atoms with Crippen molar-refractivity contribution >= 4 is 11.5 Å². The van der Waals surface area contributed by atoms with Crippen molar-refractivity contribution in [2.75, 3.05) is 11.9 Å². The van der Waals surface area contributed by atoms with Crippen LogP contribution in [0.4, 0.5) is 15.9 Å². The van der Waals surface area contributed by atoms with Crippen molar-refractivity contribution in [1.29, 1.82) is 5.26 Å². The molecule has 0 N–H and O–H groups in total. The van der Waals surface area contributed by atoms with Crippen LogP contribution in [0.15, 0.2) is 30.3 Å². The molecule has 1 heterocycles. The van der Waals surface area contributed by atoms with E-state index in [1.165, 1.54) is 17.7 Å². The Hall–Kier alpha value is -2.41. The van der Waals surface area contributed by atoms with Crippen molar-refractivity contribution in [3.05, 3.63) is 53.0 Å². The van der Waals surface area contributed by atoms with Gasteiger partial charge in [-0.25, -0.2) is 9.37 Å². The van der Waals surface area contributed by atoms with E-state index in [0.29, 0.717) is 11.4 Å². The molecule has 0 radical (unpaired) electrons. The van der Waals surface area contributed by atoms with E-state index in [0.717, 1.165) is 37.1 Å². The molecule has 0 unspecified atom stereocenters. The molecule has 1 aliphatic rings. The van der Waals surface area contributed by atoms with E-state index in [9.17, 15) is 9.65 Å². The van der Waals surface area contributed by atoms with E-state index in [2.05, 4.69) is 6.07 Å². The lowest BCUT2D eigenvalue weighted by Crippen LogP contribution is -2.16. The van der Waals surface area contributed by atoms with Gasteiger partial charge in [-0.05, 0) is 61.6 Å². The summed E-state index contributed by atoms with van der Waals surface area (Å²) in [5.74, 6) is 0.371. The predicted molar refractivity (Wildman–Crippen MR) is 80.1 cm³/mol. The molecule has 0 saturated heterocycles. The highest BCUT2D eigenvalue weighted by atomic mass is 19.1. The number of pyridine rings is 1. The average Bonchev–Trinajstić information content (AvgIpc) is 2.53. The first-order valence-electron chi connectivity index (χ1n) is 7.11. The van der Waals surface area contributed by atoms with Gasteiger partial charge in [-0.15, -0.1) is 0 Å². The largest absolute Gasteiger partial charge is 0.328 e. The number of aromatic nitrogens is 1. The maximum Gasteiger partial charge on any atom is 0.151 e. The van der Waals surface area contributed by atoms with Gasteiger partial charge in [0.05, 0.1) is 5.56 Å². The number of anilines is 2. The molecule has 0 bridgehead atoms. The summed E-state index contributed by atoms with van der Waals surface area (Å²) in [4.78, 5) is 6.53. The van der Waals surface area contributed by atoms with Gasteiger partial charge >= 0.3 is 0 Å². The van der Waals surface area contributed by atoms with Crippen LogP contribution in [0.3, 0.4) is 0 Å². The molecule has 21 heavy (non-hydrogen) atoms. The molecule has 4 heteroatoms. The second-order valence-electron chi connectivity index (χ2n) is 5.32. The molecule has 0 atom stereocenters.